The Morgan fingerprint density at radius 1 is 1.00 bits per heavy atom. The lowest BCUT2D eigenvalue weighted by atomic mass is 10.1. The third kappa shape index (κ3) is 7.66. The first-order chi connectivity index (χ1) is 18.6. The Balaban J connectivity index is 1.38. The molecule has 0 saturated carbocycles. The molecule has 0 radical (unpaired) electrons. The SMILES string of the molecule is CCN(CC)c1ccc(/C=C/C(=O)CC(=O)/C=C/c2ccc3cc[nH]c3c2)c(OCCN2CCOCC2)c1. The quantitative estimate of drug-likeness (QED) is 0.256. The Morgan fingerprint density at radius 2 is 1.76 bits per heavy atom. The van der Waals surface area contributed by atoms with Gasteiger partial charge in [-0.2, -0.15) is 0 Å². The first-order valence-corrected chi connectivity index (χ1v) is 13.4. The molecular formula is C31H37N3O4. The lowest BCUT2D eigenvalue weighted by molar-refractivity contribution is -0.121. The molecule has 1 aliphatic rings. The maximum Gasteiger partial charge on any atom is 0.163 e. The Bertz CT molecular complexity index is 1280. The first kappa shape index (κ1) is 27.4. The number of allylic oxidation sites excluding steroid dienone is 2. The van der Waals surface area contributed by atoms with Crippen molar-refractivity contribution in [3.05, 3.63) is 71.9 Å². The summed E-state index contributed by atoms with van der Waals surface area (Å²) in [4.78, 5) is 32.7. The van der Waals surface area contributed by atoms with Crippen molar-refractivity contribution in [2.75, 3.05) is 57.4 Å². The van der Waals surface area contributed by atoms with Gasteiger partial charge in [0.25, 0.3) is 0 Å². The van der Waals surface area contributed by atoms with Gasteiger partial charge < -0.3 is 19.4 Å². The van der Waals surface area contributed by atoms with Crippen LogP contribution in [0.15, 0.2) is 60.8 Å². The van der Waals surface area contributed by atoms with Crippen LogP contribution in [0.1, 0.15) is 31.4 Å². The molecule has 1 aromatic heterocycles. The molecule has 200 valence electrons. The minimum Gasteiger partial charge on any atom is -0.492 e. The second kappa shape index (κ2) is 13.7. The summed E-state index contributed by atoms with van der Waals surface area (Å²) in [5, 5.41) is 1.11. The van der Waals surface area contributed by atoms with E-state index in [2.05, 4.69) is 28.6 Å². The van der Waals surface area contributed by atoms with Crippen LogP contribution >= 0.6 is 0 Å². The number of benzene rings is 2. The van der Waals surface area contributed by atoms with Crippen molar-refractivity contribution in [1.82, 2.24) is 9.88 Å². The molecule has 0 aliphatic carbocycles. The number of H-pyrrole nitrogens is 1. The van der Waals surface area contributed by atoms with Gasteiger partial charge in [0.1, 0.15) is 12.4 Å². The van der Waals surface area contributed by atoms with E-state index in [1.54, 1.807) is 12.2 Å². The third-order valence-electron chi connectivity index (χ3n) is 6.73. The second-order valence-corrected chi connectivity index (χ2v) is 9.30. The summed E-state index contributed by atoms with van der Waals surface area (Å²) in [6.45, 7) is 10.7. The Kier molecular flexibility index (Phi) is 9.90. The maximum absolute atomic E-state index is 12.6. The van der Waals surface area contributed by atoms with Gasteiger partial charge >= 0.3 is 0 Å². The highest BCUT2D eigenvalue weighted by atomic mass is 16.5. The zero-order valence-corrected chi connectivity index (χ0v) is 22.3. The Morgan fingerprint density at radius 3 is 2.53 bits per heavy atom. The predicted molar refractivity (Wildman–Crippen MR) is 154 cm³/mol. The third-order valence-corrected chi connectivity index (χ3v) is 6.73. The van der Waals surface area contributed by atoms with E-state index in [9.17, 15) is 9.59 Å². The van der Waals surface area contributed by atoms with Crippen LogP contribution in [-0.2, 0) is 14.3 Å². The molecule has 2 aromatic carbocycles. The van der Waals surface area contributed by atoms with Crippen molar-refractivity contribution in [2.45, 2.75) is 20.3 Å². The fourth-order valence-electron chi connectivity index (χ4n) is 4.51. The molecule has 1 saturated heterocycles. The highest BCUT2D eigenvalue weighted by Gasteiger charge is 2.12. The van der Waals surface area contributed by atoms with Crippen molar-refractivity contribution < 1.29 is 19.1 Å². The average Bonchev–Trinajstić information content (AvgIpc) is 3.41. The van der Waals surface area contributed by atoms with E-state index in [1.807, 2.05) is 48.7 Å². The summed E-state index contributed by atoms with van der Waals surface area (Å²) in [6.07, 6.45) is 8.13. The number of fused-ring (bicyclic) bond motifs is 1. The number of hydrogen-bond acceptors (Lipinski definition) is 6. The fraction of sp³-hybridized carbons (Fsp3) is 0.355. The number of aromatic nitrogens is 1. The zero-order valence-electron chi connectivity index (χ0n) is 22.3. The van der Waals surface area contributed by atoms with Crippen LogP contribution in [-0.4, -0.2) is 74.0 Å². The number of carbonyl (C=O) groups is 2. The van der Waals surface area contributed by atoms with Gasteiger partial charge in [0.15, 0.2) is 11.6 Å². The van der Waals surface area contributed by atoms with Gasteiger partial charge in [0.2, 0.25) is 0 Å². The van der Waals surface area contributed by atoms with Crippen LogP contribution < -0.4 is 9.64 Å². The topological polar surface area (TPSA) is 74.9 Å². The fourth-order valence-corrected chi connectivity index (χ4v) is 4.51. The highest BCUT2D eigenvalue weighted by molar-refractivity contribution is 6.11. The van der Waals surface area contributed by atoms with Crippen molar-refractivity contribution in [2.24, 2.45) is 0 Å². The van der Waals surface area contributed by atoms with Crippen LogP contribution in [0.25, 0.3) is 23.1 Å². The molecule has 7 heteroatoms. The standard InChI is InChI=1S/C31H37N3O4/c1-3-34(4-2)27-10-8-26(31(22-27)38-20-17-33-15-18-37-19-16-33)9-12-29(36)23-28(35)11-6-24-5-7-25-13-14-32-30(25)21-24/h5-14,21-22,32H,3-4,15-20,23H2,1-2H3/b11-6+,12-9+. The molecule has 4 rings (SSSR count). The Labute approximate surface area is 224 Å². The number of anilines is 1. The number of aromatic amines is 1. The van der Waals surface area contributed by atoms with Gasteiger partial charge in [0, 0.05) is 61.8 Å². The monoisotopic (exact) mass is 515 g/mol. The number of morpholine rings is 1. The maximum atomic E-state index is 12.6. The summed E-state index contributed by atoms with van der Waals surface area (Å²) < 4.78 is 11.6. The number of hydrogen-bond donors (Lipinski definition) is 1. The Hall–Kier alpha value is -3.68. The van der Waals surface area contributed by atoms with E-state index in [0.29, 0.717) is 6.61 Å². The van der Waals surface area contributed by atoms with Crippen molar-refractivity contribution in [3.8, 4) is 5.75 Å². The molecule has 1 aliphatic heterocycles. The van der Waals surface area contributed by atoms with E-state index in [4.69, 9.17) is 9.47 Å². The molecule has 0 bridgehead atoms. The second-order valence-electron chi connectivity index (χ2n) is 9.30. The van der Waals surface area contributed by atoms with Gasteiger partial charge in [-0.15, -0.1) is 0 Å². The molecular weight excluding hydrogens is 478 g/mol. The summed E-state index contributed by atoms with van der Waals surface area (Å²) in [7, 11) is 0. The van der Waals surface area contributed by atoms with Gasteiger partial charge in [-0.3, -0.25) is 14.5 Å². The van der Waals surface area contributed by atoms with Crippen LogP contribution in [0, 0.1) is 0 Å². The zero-order chi connectivity index (χ0) is 26.7. The molecule has 3 aromatic rings. The van der Waals surface area contributed by atoms with Crippen LogP contribution in [0.4, 0.5) is 5.69 Å². The summed E-state index contributed by atoms with van der Waals surface area (Å²) in [6, 6.07) is 14.0. The van der Waals surface area contributed by atoms with Crippen LogP contribution in [0.5, 0.6) is 5.75 Å². The van der Waals surface area contributed by atoms with Gasteiger partial charge in [0.05, 0.1) is 19.6 Å². The van der Waals surface area contributed by atoms with Crippen LogP contribution in [0.3, 0.4) is 0 Å². The van der Waals surface area contributed by atoms with E-state index in [0.717, 1.165) is 79.4 Å². The minimum absolute atomic E-state index is 0.178. The van der Waals surface area contributed by atoms with E-state index >= 15 is 0 Å². The van der Waals surface area contributed by atoms with Gasteiger partial charge in [-0.05, 0) is 67.3 Å². The number of nitrogens with one attached hydrogen (secondary N) is 1. The van der Waals surface area contributed by atoms with Gasteiger partial charge in [-0.1, -0.05) is 18.2 Å². The smallest absolute Gasteiger partial charge is 0.163 e. The highest BCUT2D eigenvalue weighted by Crippen LogP contribution is 2.27. The number of rotatable bonds is 13. The number of ketones is 2. The molecule has 1 fully saturated rings. The predicted octanol–water partition coefficient (Wildman–Crippen LogP) is 4.98. The average molecular weight is 516 g/mol. The molecule has 7 nitrogen and oxygen atoms in total. The molecule has 2 heterocycles. The van der Waals surface area contributed by atoms with Crippen molar-refractivity contribution >= 4 is 40.3 Å². The number of nitrogens with zero attached hydrogens (tertiary/aromatic N) is 2. The lowest BCUT2D eigenvalue weighted by Gasteiger charge is -2.27. The molecule has 0 amide bonds. The van der Waals surface area contributed by atoms with E-state index in [1.165, 1.54) is 12.2 Å². The van der Waals surface area contributed by atoms with Crippen molar-refractivity contribution in [3.63, 3.8) is 0 Å². The van der Waals surface area contributed by atoms with Crippen molar-refractivity contribution in [1.29, 1.82) is 0 Å². The first-order valence-electron chi connectivity index (χ1n) is 13.4. The normalized spacial score (nSPS) is 14.5. The molecule has 1 N–H and O–H groups in total. The molecule has 0 spiro atoms. The minimum atomic E-state index is -0.244. The largest absolute Gasteiger partial charge is 0.492 e. The molecule has 0 unspecified atom stereocenters. The number of ether oxygens (including phenoxy) is 2. The summed E-state index contributed by atoms with van der Waals surface area (Å²) in [5.74, 6) is 0.259. The summed E-state index contributed by atoms with van der Waals surface area (Å²) >= 11 is 0. The molecule has 0 atom stereocenters. The van der Waals surface area contributed by atoms with Gasteiger partial charge in [-0.25, -0.2) is 0 Å². The van der Waals surface area contributed by atoms with Crippen LogP contribution in [0.2, 0.25) is 0 Å². The van der Waals surface area contributed by atoms with E-state index < -0.39 is 0 Å². The molecule has 38 heavy (non-hydrogen) atoms. The lowest BCUT2D eigenvalue weighted by Crippen LogP contribution is -2.38. The summed E-state index contributed by atoms with van der Waals surface area (Å²) in [5.41, 5.74) is 3.81. The number of carbonyl (C=O) groups excluding carboxylic acids is 2. The van der Waals surface area contributed by atoms with E-state index in [-0.39, 0.29) is 18.0 Å².